The highest BCUT2D eigenvalue weighted by molar-refractivity contribution is 5.15. The maximum Gasteiger partial charge on any atom is 0.0279 e. The van der Waals surface area contributed by atoms with Gasteiger partial charge in [-0.15, -0.1) is 0 Å². The molecular formula is C15H25N. The normalized spacial score (nSPS) is 39.1. The standard InChI is InChI=1S/C15H25N/c1-16-15(12-4-2-3-5-12)10-14-9-11-6-7-13(14)8-11/h4,11,13-16H,2-3,5-10H2,1H3. The minimum Gasteiger partial charge on any atom is -0.313 e. The summed E-state index contributed by atoms with van der Waals surface area (Å²) < 4.78 is 0. The summed E-state index contributed by atoms with van der Waals surface area (Å²) in [6.07, 6.45) is 14.1. The van der Waals surface area contributed by atoms with Gasteiger partial charge in [0.1, 0.15) is 0 Å². The molecule has 2 fully saturated rings. The fourth-order valence-corrected chi connectivity index (χ4v) is 4.43. The van der Waals surface area contributed by atoms with Crippen molar-refractivity contribution >= 4 is 0 Å². The van der Waals surface area contributed by atoms with Crippen LogP contribution in [0.2, 0.25) is 0 Å². The van der Waals surface area contributed by atoms with Crippen LogP contribution < -0.4 is 5.32 Å². The zero-order valence-corrected chi connectivity index (χ0v) is 10.5. The van der Waals surface area contributed by atoms with Crippen molar-refractivity contribution in [3.8, 4) is 0 Å². The van der Waals surface area contributed by atoms with Crippen LogP contribution in [0.25, 0.3) is 0 Å². The Morgan fingerprint density at radius 1 is 1.38 bits per heavy atom. The maximum absolute atomic E-state index is 3.56. The lowest BCUT2D eigenvalue weighted by atomic mass is 9.82. The lowest BCUT2D eigenvalue weighted by Gasteiger charge is -2.27. The van der Waals surface area contributed by atoms with Crippen LogP contribution in [0.4, 0.5) is 0 Å². The van der Waals surface area contributed by atoms with Crippen molar-refractivity contribution in [1.82, 2.24) is 5.32 Å². The van der Waals surface area contributed by atoms with E-state index in [1.54, 1.807) is 12.0 Å². The maximum atomic E-state index is 3.56. The molecule has 90 valence electrons. The van der Waals surface area contributed by atoms with Crippen LogP contribution in [0, 0.1) is 17.8 Å². The summed E-state index contributed by atoms with van der Waals surface area (Å²) >= 11 is 0. The Morgan fingerprint density at radius 3 is 2.88 bits per heavy atom. The van der Waals surface area contributed by atoms with Crippen LogP contribution in [-0.4, -0.2) is 13.1 Å². The van der Waals surface area contributed by atoms with Gasteiger partial charge in [-0.05, 0) is 69.7 Å². The molecule has 3 aliphatic carbocycles. The van der Waals surface area contributed by atoms with Crippen LogP contribution in [0.1, 0.15) is 51.4 Å². The summed E-state index contributed by atoms with van der Waals surface area (Å²) in [5.41, 5.74) is 1.71. The number of likely N-dealkylation sites (N-methyl/N-ethyl adjacent to an activating group) is 1. The average Bonchev–Trinajstić information content (AvgIpc) is 3.01. The molecule has 1 N–H and O–H groups in total. The molecule has 16 heavy (non-hydrogen) atoms. The summed E-state index contributed by atoms with van der Waals surface area (Å²) in [5, 5.41) is 3.56. The SMILES string of the molecule is CNC(CC1CC2CCC1C2)C1=CCCC1. The number of hydrogen-bond acceptors (Lipinski definition) is 1. The van der Waals surface area contributed by atoms with Gasteiger partial charge >= 0.3 is 0 Å². The van der Waals surface area contributed by atoms with E-state index in [0.29, 0.717) is 6.04 Å². The fraction of sp³-hybridized carbons (Fsp3) is 0.867. The van der Waals surface area contributed by atoms with Gasteiger partial charge in [0.25, 0.3) is 0 Å². The van der Waals surface area contributed by atoms with Crippen molar-refractivity contribution in [2.24, 2.45) is 17.8 Å². The molecular weight excluding hydrogens is 194 g/mol. The van der Waals surface area contributed by atoms with E-state index in [1.807, 2.05) is 0 Å². The first-order valence-corrected chi connectivity index (χ1v) is 7.23. The van der Waals surface area contributed by atoms with Crippen LogP contribution in [-0.2, 0) is 0 Å². The summed E-state index contributed by atoms with van der Waals surface area (Å²) in [6.45, 7) is 0. The van der Waals surface area contributed by atoms with Crippen molar-refractivity contribution in [3.63, 3.8) is 0 Å². The Bertz CT molecular complexity index is 281. The van der Waals surface area contributed by atoms with Gasteiger partial charge in [-0.1, -0.05) is 18.1 Å². The highest BCUT2D eigenvalue weighted by Gasteiger charge is 2.40. The van der Waals surface area contributed by atoms with Crippen LogP contribution in [0.3, 0.4) is 0 Å². The number of fused-ring (bicyclic) bond motifs is 2. The summed E-state index contributed by atoms with van der Waals surface area (Å²) in [7, 11) is 2.15. The lowest BCUT2D eigenvalue weighted by molar-refractivity contribution is 0.292. The number of hydrogen-bond donors (Lipinski definition) is 1. The van der Waals surface area contributed by atoms with E-state index < -0.39 is 0 Å². The number of allylic oxidation sites excluding steroid dienone is 1. The van der Waals surface area contributed by atoms with Gasteiger partial charge in [-0.2, -0.15) is 0 Å². The second-order valence-electron chi connectivity index (χ2n) is 6.18. The molecule has 1 heteroatoms. The first-order chi connectivity index (χ1) is 7.86. The van der Waals surface area contributed by atoms with E-state index in [-0.39, 0.29) is 0 Å². The predicted octanol–water partition coefficient (Wildman–Crippen LogP) is 3.51. The molecule has 4 unspecified atom stereocenters. The van der Waals surface area contributed by atoms with E-state index in [4.69, 9.17) is 0 Å². The highest BCUT2D eigenvalue weighted by Crippen LogP contribution is 2.50. The molecule has 0 saturated heterocycles. The Kier molecular flexibility index (Phi) is 3.06. The molecule has 0 amide bonds. The zero-order valence-electron chi connectivity index (χ0n) is 10.5. The van der Waals surface area contributed by atoms with E-state index in [0.717, 1.165) is 17.8 Å². The van der Waals surface area contributed by atoms with E-state index in [2.05, 4.69) is 18.4 Å². The van der Waals surface area contributed by atoms with Crippen molar-refractivity contribution < 1.29 is 0 Å². The van der Waals surface area contributed by atoms with Gasteiger partial charge in [0.15, 0.2) is 0 Å². The predicted molar refractivity (Wildman–Crippen MR) is 68.3 cm³/mol. The summed E-state index contributed by atoms with van der Waals surface area (Å²) in [6, 6.07) is 0.701. The van der Waals surface area contributed by atoms with Crippen LogP contribution >= 0.6 is 0 Å². The molecule has 0 aliphatic heterocycles. The van der Waals surface area contributed by atoms with Gasteiger partial charge in [0.2, 0.25) is 0 Å². The van der Waals surface area contributed by atoms with Crippen molar-refractivity contribution in [3.05, 3.63) is 11.6 Å². The fourth-order valence-electron chi connectivity index (χ4n) is 4.43. The topological polar surface area (TPSA) is 12.0 Å². The van der Waals surface area contributed by atoms with Crippen LogP contribution in [0.15, 0.2) is 11.6 Å². The molecule has 0 aromatic rings. The zero-order chi connectivity index (χ0) is 11.0. The van der Waals surface area contributed by atoms with Crippen molar-refractivity contribution in [2.45, 2.75) is 57.4 Å². The lowest BCUT2D eigenvalue weighted by Crippen LogP contribution is -2.31. The monoisotopic (exact) mass is 219 g/mol. The van der Waals surface area contributed by atoms with Gasteiger partial charge in [-0.3, -0.25) is 0 Å². The molecule has 3 rings (SSSR count). The van der Waals surface area contributed by atoms with Crippen molar-refractivity contribution in [2.75, 3.05) is 7.05 Å². The average molecular weight is 219 g/mol. The molecule has 2 bridgehead atoms. The van der Waals surface area contributed by atoms with E-state index >= 15 is 0 Å². The number of rotatable bonds is 4. The summed E-state index contributed by atoms with van der Waals surface area (Å²) in [5.74, 6) is 3.23. The minimum absolute atomic E-state index is 0.701. The second-order valence-corrected chi connectivity index (χ2v) is 6.18. The van der Waals surface area contributed by atoms with Gasteiger partial charge in [0, 0.05) is 6.04 Å². The third-order valence-corrected chi connectivity index (χ3v) is 5.30. The second kappa shape index (κ2) is 4.52. The number of nitrogens with one attached hydrogen (secondary N) is 1. The Morgan fingerprint density at radius 2 is 2.31 bits per heavy atom. The molecule has 0 aromatic heterocycles. The van der Waals surface area contributed by atoms with E-state index in [9.17, 15) is 0 Å². The molecule has 3 aliphatic rings. The third kappa shape index (κ3) is 1.95. The first kappa shape index (κ1) is 10.8. The molecule has 0 spiro atoms. The third-order valence-electron chi connectivity index (χ3n) is 5.30. The molecule has 1 nitrogen and oxygen atoms in total. The van der Waals surface area contributed by atoms with Gasteiger partial charge in [-0.25, -0.2) is 0 Å². The molecule has 0 heterocycles. The molecule has 2 saturated carbocycles. The van der Waals surface area contributed by atoms with Gasteiger partial charge in [0.05, 0.1) is 0 Å². The Balaban J connectivity index is 1.60. The first-order valence-electron chi connectivity index (χ1n) is 7.23. The smallest absolute Gasteiger partial charge is 0.0279 e. The Labute approximate surface area is 99.7 Å². The molecule has 0 aromatic carbocycles. The van der Waals surface area contributed by atoms with E-state index in [1.165, 1.54) is 44.9 Å². The Hall–Kier alpha value is -0.300. The van der Waals surface area contributed by atoms with Gasteiger partial charge < -0.3 is 5.32 Å². The minimum atomic E-state index is 0.701. The molecule has 4 atom stereocenters. The van der Waals surface area contributed by atoms with Crippen LogP contribution in [0.5, 0.6) is 0 Å². The summed E-state index contributed by atoms with van der Waals surface area (Å²) in [4.78, 5) is 0. The largest absolute Gasteiger partial charge is 0.313 e. The molecule has 0 radical (unpaired) electrons. The van der Waals surface area contributed by atoms with Crippen molar-refractivity contribution in [1.29, 1.82) is 0 Å². The highest BCUT2D eigenvalue weighted by atomic mass is 14.9. The quantitative estimate of drug-likeness (QED) is 0.713.